The van der Waals surface area contributed by atoms with E-state index in [2.05, 4.69) is 41.8 Å². The lowest BCUT2D eigenvalue weighted by atomic mass is 9.89. The molecule has 0 saturated heterocycles. The molecule has 5 heteroatoms. The summed E-state index contributed by atoms with van der Waals surface area (Å²) in [5.74, 6) is -0.533. The Balaban J connectivity index is 2.82. The molecule has 0 radical (unpaired) electrons. The minimum absolute atomic E-state index is 0.143. The number of rotatable bonds is 13. The van der Waals surface area contributed by atoms with E-state index < -0.39 is 6.04 Å². The van der Waals surface area contributed by atoms with Gasteiger partial charge in [-0.2, -0.15) is 0 Å². The van der Waals surface area contributed by atoms with Gasteiger partial charge in [0.25, 0.3) is 0 Å². The van der Waals surface area contributed by atoms with Crippen LogP contribution in [0.2, 0.25) is 0 Å². The van der Waals surface area contributed by atoms with Crippen LogP contribution in [0.3, 0.4) is 0 Å². The maximum absolute atomic E-state index is 13.0. The molecule has 5 nitrogen and oxygen atoms in total. The highest BCUT2D eigenvalue weighted by Gasteiger charge is 2.26. The molecule has 0 fully saturated rings. The van der Waals surface area contributed by atoms with E-state index in [-0.39, 0.29) is 29.6 Å². The maximum atomic E-state index is 13.0. The number of nitrogens with one attached hydrogen (secondary N) is 2. The van der Waals surface area contributed by atoms with Crippen LogP contribution < -0.4 is 10.6 Å². The second-order valence-corrected chi connectivity index (χ2v) is 8.46. The van der Waals surface area contributed by atoms with Gasteiger partial charge < -0.3 is 15.4 Å². The van der Waals surface area contributed by atoms with Gasteiger partial charge in [-0.15, -0.1) is 0 Å². The van der Waals surface area contributed by atoms with Crippen molar-refractivity contribution in [2.75, 3.05) is 7.05 Å². The third-order valence-electron chi connectivity index (χ3n) is 5.19. The predicted molar refractivity (Wildman–Crippen MR) is 118 cm³/mol. The van der Waals surface area contributed by atoms with Crippen molar-refractivity contribution in [2.24, 2.45) is 17.8 Å². The monoisotopic (exact) mass is 402 g/mol. The van der Waals surface area contributed by atoms with Gasteiger partial charge in [0.2, 0.25) is 11.8 Å². The van der Waals surface area contributed by atoms with E-state index in [4.69, 9.17) is 0 Å². The maximum Gasteiger partial charge on any atom is 0.242 e. The topological polar surface area (TPSA) is 75.3 Å². The first-order valence-electron chi connectivity index (χ1n) is 10.9. The quantitative estimate of drug-likeness (QED) is 0.494. The molecule has 0 aromatic heterocycles. The van der Waals surface area contributed by atoms with Gasteiger partial charge in [0.15, 0.2) is 0 Å². The van der Waals surface area contributed by atoms with Crippen LogP contribution in [0.15, 0.2) is 24.3 Å². The van der Waals surface area contributed by atoms with Crippen molar-refractivity contribution < 1.29 is 14.4 Å². The smallest absolute Gasteiger partial charge is 0.242 e. The average Bonchev–Trinajstić information content (AvgIpc) is 2.70. The lowest BCUT2D eigenvalue weighted by Gasteiger charge is -2.24. The van der Waals surface area contributed by atoms with E-state index in [1.165, 1.54) is 11.1 Å². The minimum atomic E-state index is -0.546. The molecule has 162 valence electrons. The van der Waals surface area contributed by atoms with Crippen LogP contribution in [0.4, 0.5) is 0 Å². The average molecular weight is 403 g/mol. The number of amides is 2. The molecule has 0 heterocycles. The second-order valence-electron chi connectivity index (χ2n) is 8.46. The van der Waals surface area contributed by atoms with Gasteiger partial charge in [-0.3, -0.25) is 9.59 Å². The molecule has 0 bridgehead atoms. The Morgan fingerprint density at radius 1 is 0.966 bits per heavy atom. The lowest BCUT2D eigenvalue weighted by Crippen LogP contribution is -2.48. The molecule has 0 aliphatic rings. The van der Waals surface area contributed by atoms with Crippen LogP contribution in [0, 0.1) is 17.8 Å². The molecule has 2 N–H and O–H groups in total. The van der Waals surface area contributed by atoms with E-state index in [1.807, 2.05) is 20.8 Å². The molecule has 1 aromatic carbocycles. The van der Waals surface area contributed by atoms with Gasteiger partial charge in [-0.1, -0.05) is 58.4 Å². The molecule has 29 heavy (non-hydrogen) atoms. The number of carbonyl (C=O) groups is 3. The number of aldehydes is 1. The van der Waals surface area contributed by atoms with Crippen LogP contribution in [0.1, 0.15) is 64.5 Å². The molecule has 0 saturated carbocycles. The van der Waals surface area contributed by atoms with E-state index in [0.717, 1.165) is 25.5 Å². The second kappa shape index (κ2) is 13.1. The fraction of sp³-hybridized carbons (Fsp3) is 0.625. The molecule has 0 spiro atoms. The zero-order chi connectivity index (χ0) is 21.8. The first kappa shape index (κ1) is 24.9. The largest absolute Gasteiger partial charge is 0.357 e. The highest BCUT2D eigenvalue weighted by Crippen LogP contribution is 2.19. The highest BCUT2D eigenvalue weighted by atomic mass is 16.2. The summed E-state index contributed by atoms with van der Waals surface area (Å²) in [6.45, 7) is 8.04. The van der Waals surface area contributed by atoms with E-state index >= 15 is 0 Å². The van der Waals surface area contributed by atoms with Crippen molar-refractivity contribution in [3.63, 3.8) is 0 Å². The summed E-state index contributed by atoms with van der Waals surface area (Å²) in [5, 5.41) is 5.55. The van der Waals surface area contributed by atoms with Gasteiger partial charge in [0.1, 0.15) is 12.3 Å². The standard InChI is InChI=1S/C24H38N2O3/c1-6-7-19-8-10-20(11-9-19)12-13-21(15-18(4)16-27)23(28)26-22(14-17(2)3)24(29)25-5/h8-11,16-18,21-22H,6-7,12-15H2,1-5H3,(H,25,29)(H,26,28)/t18-,21+,22-/m0/s1. The highest BCUT2D eigenvalue weighted by molar-refractivity contribution is 5.88. The number of hydrogen-bond acceptors (Lipinski definition) is 3. The van der Waals surface area contributed by atoms with Crippen molar-refractivity contribution in [3.8, 4) is 0 Å². The first-order valence-corrected chi connectivity index (χ1v) is 10.9. The summed E-state index contributed by atoms with van der Waals surface area (Å²) in [6, 6.07) is 7.98. The zero-order valence-corrected chi connectivity index (χ0v) is 18.7. The molecule has 3 atom stereocenters. The third-order valence-corrected chi connectivity index (χ3v) is 5.19. The zero-order valence-electron chi connectivity index (χ0n) is 18.7. The van der Waals surface area contributed by atoms with Crippen LogP contribution in [0.25, 0.3) is 0 Å². The number of carbonyl (C=O) groups excluding carboxylic acids is 3. The molecule has 0 aliphatic carbocycles. The van der Waals surface area contributed by atoms with Gasteiger partial charge >= 0.3 is 0 Å². The molecule has 1 rings (SSSR count). The fourth-order valence-electron chi connectivity index (χ4n) is 3.53. The van der Waals surface area contributed by atoms with Crippen LogP contribution in [-0.2, 0) is 27.2 Å². The summed E-state index contributed by atoms with van der Waals surface area (Å²) in [6.07, 6.45) is 5.58. The normalized spacial score (nSPS) is 14.1. The summed E-state index contributed by atoms with van der Waals surface area (Å²) in [5.41, 5.74) is 2.51. The molecule has 0 aliphatic heterocycles. The van der Waals surface area contributed by atoms with Crippen molar-refractivity contribution >= 4 is 18.1 Å². The van der Waals surface area contributed by atoms with Crippen LogP contribution >= 0.6 is 0 Å². The fourth-order valence-corrected chi connectivity index (χ4v) is 3.53. The Kier molecular flexibility index (Phi) is 11.3. The number of hydrogen-bond donors (Lipinski definition) is 2. The van der Waals surface area contributed by atoms with E-state index in [0.29, 0.717) is 19.3 Å². The number of aryl methyl sites for hydroxylation is 2. The van der Waals surface area contributed by atoms with Gasteiger partial charge in [-0.25, -0.2) is 0 Å². The molecule has 2 amide bonds. The summed E-state index contributed by atoms with van der Waals surface area (Å²) < 4.78 is 0. The predicted octanol–water partition coefficient (Wildman–Crippen LogP) is 3.69. The Hall–Kier alpha value is -2.17. The summed E-state index contributed by atoms with van der Waals surface area (Å²) >= 11 is 0. The molecular weight excluding hydrogens is 364 g/mol. The van der Waals surface area contributed by atoms with Gasteiger partial charge in [-0.05, 0) is 49.1 Å². The van der Waals surface area contributed by atoms with Crippen molar-refractivity contribution in [1.29, 1.82) is 0 Å². The Labute approximate surface area is 176 Å². The van der Waals surface area contributed by atoms with Crippen molar-refractivity contribution in [1.82, 2.24) is 10.6 Å². The minimum Gasteiger partial charge on any atom is -0.357 e. The van der Waals surface area contributed by atoms with Gasteiger partial charge in [0, 0.05) is 18.9 Å². The van der Waals surface area contributed by atoms with E-state index in [9.17, 15) is 14.4 Å². The molecular formula is C24H38N2O3. The third kappa shape index (κ3) is 9.25. The number of likely N-dealkylation sites (N-methyl/N-ethyl adjacent to an activating group) is 1. The SMILES string of the molecule is CCCc1ccc(CC[C@H](C[C@H](C)C=O)C(=O)N[C@@H](CC(C)C)C(=O)NC)cc1. The summed E-state index contributed by atoms with van der Waals surface area (Å²) in [4.78, 5) is 36.3. The Bertz CT molecular complexity index is 640. The van der Waals surface area contributed by atoms with Crippen LogP contribution in [-0.4, -0.2) is 31.2 Å². The van der Waals surface area contributed by atoms with Gasteiger partial charge in [0.05, 0.1) is 0 Å². The van der Waals surface area contributed by atoms with Crippen molar-refractivity contribution in [3.05, 3.63) is 35.4 Å². The van der Waals surface area contributed by atoms with Crippen molar-refractivity contribution in [2.45, 2.75) is 72.3 Å². The lowest BCUT2D eigenvalue weighted by molar-refractivity contribution is -0.132. The Morgan fingerprint density at radius 2 is 1.55 bits per heavy atom. The molecule has 0 unspecified atom stereocenters. The number of benzene rings is 1. The van der Waals surface area contributed by atoms with Crippen LogP contribution in [0.5, 0.6) is 0 Å². The molecule has 1 aromatic rings. The first-order chi connectivity index (χ1) is 13.8. The van der Waals surface area contributed by atoms with E-state index in [1.54, 1.807) is 7.05 Å². The Morgan fingerprint density at radius 3 is 2.03 bits per heavy atom. The summed E-state index contributed by atoms with van der Waals surface area (Å²) in [7, 11) is 1.58.